The summed E-state index contributed by atoms with van der Waals surface area (Å²) < 4.78 is 1.22. The van der Waals surface area contributed by atoms with Gasteiger partial charge in [0.05, 0.1) is 17.2 Å². The number of carbonyl (C=O) groups excluding carboxylic acids is 2. The Kier molecular flexibility index (Phi) is 4.63. The molecule has 0 aliphatic heterocycles. The zero-order valence-electron chi connectivity index (χ0n) is 13.3. The van der Waals surface area contributed by atoms with Gasteiger partial charge in [-0.15, -0.1) is 0 Å². The standard InChI is InChI=1S/C18H14ClN3O3/c1-11(23)12-2-5-14(6-3-12)21-17(24)9-22-10-20-16-7-4-13(19)8-15(16)18(22)25/h2-8,10H,9H2,1H3,(H,21,24). The summed E-state index contributed by atoms with van der Waals surface area (Å²) in [6.45, 7) is 1.29. The van der Waals surface area contributed by atoms with E-state index in [1.54, 1.807) is 36.4 Å². The molecule has 0 unspecified atom stereocenters. The Hall–Kier alpha value is -2.99. The molecule has 1 N–H and O–H groups in total. The number of hydrogen-bond acceptors (Lipinski definition) is 4. The maximum Gasteiger partial charge on any atom is 0.261 e. The van der Waals surface area contributed by atoms with Crippen LogP contribution in [0.3, 0.4) is 0 Å². The zero-order valence-corrected chi connectivity index (χ0v) is 14.1. The normalized spacial score (nSPS) is 10.6. The van der Waals surface area contributed by atoms with E-state index in [2.05, 4.69) is 10.3 Å². The van der Waals surface area contributed by atoms with E-state index in [1.165, 1.54) is 23.9 Å². The zero-order chi connectivity index (χ0) is 18.0. The number of carbonyl (C=O) groups is 2. The summed E-state index contributed by atoms with van der Waals surface area (Å²) in [5.41, 5.74) is 1.28. The molecule has 1 heterocycles. The largest absolute Gasteiger partial charge is 0.325 e. The Bertz CT molecular complexity index is 1030. The summed E-state index contributed by atoms with van der Waals surface area (Å²) in [6.07, 6.45) is 1.33. The van der Waals surface area contributed by atoms with Crippen molar-refractivity contribution in [2.45, 2.75) is 13.5 Å². The first-order valence-corrected chi connectivity index (χ1v) is 7.87. The van der Waals surface area contributed by atoms with Crippen LogP contribution in [0.25, 0.3) is 10.9 Å². The van der Waals surface area contributed by atoms with Crippen LogP contribution in [0.4, 0.5) is 5.69 Å². The fraction of sp³-hybridized carbons (Fsp3) is 0.111. The van der Waals surface area contributed by atoms with Gasteiger partial charge >= 0.3 is 0 Å². The van der Waals surface area contributed by atoms with E-state index in [9.17, 15) is 14.4 Å². The van der Waals surface area contributed by atoms with Crippen molar-refractivity contribution < 1.29 is 9.59 Å². The van der Waals surface area contributed by atoms with Gasteiger partial charge in [-0.1, -0.05) is 11.6 Å². The van der Waals surface area contributed by atoms with E-state index in [-0.39, 0.29) is 23.8 Å². The molecule has 0 atom stereocenters. The monoisotopic (exact) mass is 355 g/mol. The van der Waals surface area contributed by atoms with E-state index in [4.69, 9.17) is 11.6 Å². The summed E-state index contributed by atoms with van der Waals surface area (Å²) >= 11 is 5.91. The molecular formula is C18H14ClN3O3. The molecule has 0 aliphatic carbocycles. The van der Waals surface area contributed by atoms with Crippen molar-refractivity contribution in [1.29, 1.82) is 0 Å². The minimum absolute atomic E-state index is 0.0506. The van der Waals surface area contributed by atoms with Crippen LogP contribution in [-0.2, 0) is 11.3 Å². The Balaban J connectivity index is 1.79. The number of benzene rings is 2. The maximum absolute atomic E-state index is 12.4. The first kappa shape index (κ1) is 16.9. The number of ketones is 1. The van der Waals surface area contributed by atoms with Crippen molar-refractivity contribution in [2.24, 2.45) is 0 Å². The second-order valence-electron chi connectivity index (χ2n) is 5.52. The summed E-state index contributed by atoms with van der Waals surface area (Å²) in [7, 11) is 0. The number of hydrogen-bond donors (Lipinski definition) is 1. The Morgan fingerprint density at radius 1 is 1.16 bits per heavy atom. The number of nitrogens with zero attached hydrogens (tertiary/aromatic N) is 2. The van der Waals surface area contributed by atoms with Gasteiger partial charge in [-0.25, -0.2) is 4.98 Å². The van der Waals surface area contributed by atoms with Crippen molar-refractivity contribution in [3.63, 3.8) is 0 Å². The number of rotatable bonds is 4. The molecule has 0 fully saturated rings. The van der Waals surface area contributed by atoms with Crippen LogP contribution in [-0.4, -0.2) is 21.2 Å². The van der Waals surface area contributed by atoms with Crippen molar-refractivity contribution in [2.75, 3.05) is 5.32 Å². The molecule has 1 aromatic heterocycles. The van der Waals surface area contributed by atoms with Gasteiger partial charge in [0.2, 0.25) is 5.91 Å². The van der Waals surface area contributed by atoms with Crippen molar-refractivity contribution in [1.82, 2.24) is 9.55 Å². The van der Waals surface area contributed by atoms with Crippen LogP contribution in [0.15, 0.2) is 53.6 Å². The van der Waals surface area contributed by atoms with Gasteiger partial charge in [0.15, 0.2) is 5.78 Å². The lowest BCUT2D eigenvalue weighted by Crippen LogP contribution is -2.27. The number of Topliss-reactive ketones (excluding diaryl/α,β-unsaturated/α-hetero) is 1. The molecule has 0 aliphatic rings. The molecule has 0 saturated heterocycles. The molecule has 3 rings (SSSR count). The highest BCUT2D eigenvalue weighted by Gasteiger charge is 2.09. The van der Waals surface area contributed by atoms with Crippen LogP contribution in [0.1, 0.15) is 17.3 Å². The van der Waals surface area contributed by atoms with Gasteiger partial charge in [-0.05, 0) is 49.4 Å². The van der Waals surface area contributed by atoms with Crippen LogP contribution >= 0.6 is 11.6 Å². The van der Waals surface area contributed by atoms with Gasteiger partial charge in [0.25, 0.3) is 5.56 Å². The highest BCUT2D eigenvalue weighted by molar-refractivity contribution is 6.31. The predicted octanol–water partition coefficient (Wildman–Crippen LogP) is 2.89. The predicted molar refractivity (Wildman–Crippen MR) is 96.1 cm³/mol. The van der Waals surface area contributed by atoms with E-state index >= 15 is 0 Å². The van der Waals surface area contributed by atoms with Gasteiger partial charge < -0.3 is 5.32 Å². The average molecular weight is 356 g/mol. The first-order valence-electron chi connectivity index (χ1n) is 7.49. The van der Waals surface area contributed by atoms with Crippen LogP contribution in [0.2, 0.25) is 5.02 Å². The number of aromatic nitrogens is 2. The molecule has 126 valence electrons. The molecule has 6 nitrogen and oxygen atoms in total. The molecule has 0 radical (unpaired) electrons. The molecule has 0 spiro atoms. The van der Waals surface area contributed by atoms with Crippen LogP contribution < -0.4 is 10.9 Å². The second-order valence-corrected chi connectivity index (χ2v) is 5.96. The lowest BCUT2D eigenvalue weighted by atomic mass is 10.1. The van der Waals surface area contributed by atoms with Gasteiger partial charge in [-0.2, -0.15) is 0 Å². The third kappa shape index (κ3) is 3.75. The lowest BCUT2D eigenvalue weighted by Gasteiger charge is -2.08. The Morgan fingerprint density at radius 2 is 1.88 bits per heavy atom. The smallest absolute Gasteiger partial charge is 0.261 e. The Morgan fingerprint density at radius 3 is 2.56 bits per heavy atom. The maximum atomic E-state index is 12.4. The highest BCUT2D eigenvalue weighted by Crippen LogP contribution is 2.14. The number of halogens is 1. The van der Waals surface area contributed by atoms with Crippen molar-refractivity contribution >= 4 is 39.9 Å². The molecule has 0 bridgehead atoms. The number of nitrogens with one attached hydrogen (secondary N) is 1. The molecular weight excluding hydrogens is 342 g/mol. The van der Waals surface area contributed by atoms with E-state index < -0.39 is 0 Å². The molecule has 7 heteroatoms. The average Bonchev–Trinajstić information content (AvgIpc) is 2.58. The quantitative estimate of drug-likeness (QED) is 0.730. The number of fused-ring (bicyclic) bond motifs is 1. The molecule has 2 aromatic carbocycles. The van der Waals surface area contributed by atoms with Gasteiger partial charge in [0.1, 0.15) is 6.54 Å². The Labute approximate surface area is 148 Å². The van der Waals surface area contributed by atoms with Gasteiger partial charge in [0, 0.05) is 16.3 Å². The summed E-state index contributed by atoms with van der Waals surface area (Å²) in [5, 5.41) is 3.46. The molecule has 25 heavy (non-hydrogen) atoms. The summed E-state index contributed by atoms with van der Waals surface area (Å²) in [6, 6.07) is 11.4. The van der Waals surface area contributed by atoms with E-state index in [0.717, 1.165) is 0 Å². The second kappa shape index (κ2) is 6.86. The third-order valence-electron chi connectivity index (χ3n) is 3.68. The molecule has 0 saturated carbocycles. The lowest BCUT2D eigenvalue weighted by molar-refractivity contribution is -0.116. The van der Waals surface area contributed by atoms with Crippen LogP contribution in [0.5, 0.6) is 0 Å². The molecule has 3 aromatic rings. The SMILES string of the molecule is CC(=O)c1ccc(NC(=O)Cn2cnc3ccc(Cl)cc3c2=O)cc1. The van der Waals surface area contributed by atoms with E-state index in [0.29, 0.717) is 27.2 Å². The first-order chi connectivity index (χ1) is 11.9. The minimum atomic E-state index is -0.374. The van der Waals surface area contributed by atoms with Crippen LogP contribution in [0, 0.1) is 0 Å². The summed E-state index contributed by atoms with van der Waals surface area (Å²) in [4.78, 5) is 40.0. The minimum Gasteiger partial charge on any atom is -0.325 e. The topological polar surface area (TPSA) is 81.1 Å². The van der Waals surface area contributed by atoms with Gasteiger partial charge in [-0.3, -0.25) is 19.0 Å². The fourth-order valence-corrected chi connectivity index (χ4v) is 2.56. The highest BCUT2D eigenvalue weighted by atomic mass is 35.5. The number of amides is 1. The molecule has 1 amide bonds. The fourth-order valence-electron chi connectivity index (χ4n) is 2.39. The summed E-state index contributed by atoms with van der Waals surface area (Å²) in [5.74, 6) is -0.425. The third-order valence-corrected chi connectivity index (χ3v) is 3.91. The van der Waals surface area contributed by atoms with Crippen molar-refractivity contribution in [3.05, 3.63) is 69.7 Å². The van der Waals surface area contributed by atoms with E-state index in [1.807, 2.05) is 0 Å². The number of anilines is 1. The van der Waals surface area contributed by atoms with Crippen molar-refractivity contribution in [3.8, 4) is 0 Å².